The van der Waals surface area contributed by atoms with E-state index in [1.165, 1.54) is 6.33 Å². The minimum absolute atomic E-state index is 0.144. The van der Waals surface area contributed by atoms with Gasteiger partial charge in [-0.2, -0.15) is 4.98 Å². The fraction of sp³-hybridized carbons (Fsp3) is 0. The number of rotatable bonds is 5. The van der Waals surface area contributed by atoms with Crippen LogP contribution in [0.2, 0.25) is 5.02 Å². The minimum atomic E-state index is -0.549. The molecule has 28 heavy (non-hydrogen) atoms. The molecular formula is C19H11ClN4O3S. The van der Waals surface area contributed by atoms with Crippen LogP contribution in [0.5, 0.6) is 11.6 Å². The molecule has 2 aromatic heterocycles. The van der Waals surface area contributed by atoms with Gasteiger partial charge in [0.05, 0.1) is 4.92 Å². The number of ether oxygens (including phenoxy) is 1. The quantitative estimate of drug-likeness (QED) is 0.242. The van der Waals surface area contributed by atoms with Gasteiger partial charge in [-0.15, -0.1) is 0 Å². The Kier molecular flexibility index (Phi) is 5.05. The summed E-state index contributed by atoms with van der Waals surface area (Å²) >= 11 is 7.02. The van der Waals surface area contributed by atoms with Crippen LogP contribution in [0.15, 0.2) is 77.0 Å². The minimum Gasteiger partial charge on any atom is -0.431 e. The third-order valence-electron chi connectivity index (χ3n) is 3.77. The van der Waals surface area contributed by atoms with Crippen molar-refractivity contribution in [2.75, 3.05) is 0 Å². The SMILES string of the molecule is O=[N+]([O-])c1c(Oc2cccc3cccnc23)ncnc1Sc1ccc(Cl)cc1. The second kappa shape index (κ2) is 7.79. The lowest BCUT2D eigenvalue weighted by molar-refractivity contribution is -0.389. The molecule has 2 heterocycles. The third-order valence-corrected chi connectivity index (χ3v) is 5.02. The number of aromatic nitrogens is 3. The first-order chi connectivity index (χ1) is 13.6. The molecular weight excluding hydrogens is 400 g/mol. The van der Waals surface area contributed by atoms with Gasteiger partial charge >= 0.3 is 11.6 Å². The largest absolute Gasteiger partial charge is 0.431 e. The summed E-state index contributed by atoms with van der Waals surface area (Å²) in [5, 5.41) is 13.3. The van der Waals surface area contributed by atoms with Gasteiger partial charge in [-0.05, 0) is 36.4 Å². The number of para-hydroxylation sites is 1. The number of pyridine rings is 1. The zero-order valence-electron chi connectivity index (χ0n) is 14.2. The van der Waals surface area contributed by atoms with E-state index in [1.54, 1.807) is 48.7 Å². The van der Waals surface area contributed by atoms with E-state index in [2.05, 4.69) is 15.0 Å². The maximum absolute atomic E-state index is 11.7. The molecule has 7 nitrogen and oxygen atoms in total. The van der Waals surface area contributed by atoms with E-state index in [1.807, 2.05) is 12.1 Å². The molecule has 0 saturated heterocycles. The molecule has 0 aliphatic carbocycles. The van der Waals surface area contributed by atoms with Gasteiger partial charge in [0.1, 0.15) is 11.8 Å². The van der Waals surface area contributed by atoms with Crippen molar-refractivity contribution in [3.63, 3.8) is 0 Å². The summed E-state index contributed by atoms with van der Waals surface area (Å²) < 4.78 is 5.79. The zero-order chi connectivity index (χ0) is 19.5. The molecule has 0 radical (unpaired) electrons. The highest BCUT2D eigenvalue weighted by atomic mass is 35.5. The number of hydrogen-bond donors (Lipinski definition) is 0. The maximum atomic E-state index is 11.7. The third kappa shape index (κ3) is 3.73. The maximum Gasteiger partial charge on any atom is 0.363 e. The average Bonchev–Trinajstić information content (AvgIpc) is 2.70. The summed E-state index contributed by atoms with van der Waals surface area (Å²) in [6, 6.07) is 16.0. The van der Waals surface area contributed by atoms with Gasteiger partial charge in [0.25, 0.3) is 0 Å². The lowest BCUT2D eigenvalue weighted by Crippen LogP contribution is -2.00. The molecule has 0 aliphatic rings. The number of nitrogens with zero attached hydrogens (tertiary/aromatic N) is 4. The molecule has 0 amide bonds. The van der Waals surface area contributed by atoms with Gasteiger partial charge in [0, 0.05) is 21.5 Å². The first-order valence-electron chi connectivity index (χ1n) is 8.06. The van der Waals surface area contributed by atoms with Crippen molar-refractivity contribution >= 4 is 40.0 Å². The number of fused-ring (bicyclic) bond motifs is 1. The summed E-state index contributed by atoms with van der Waals surface area (Å²) in [7, 11) is 0. The fourth-order valence-corrected chi connectivity index (χ4v) is 3.51. The van der Waals surface area contributed by atoms with Crippen LogP contribution in [0.1, 0.15) is 0 Å². The molecule has 0 unspecified atom stereocenters. The second-order valence-electron chi connectivity index (χ2n) is 5.58. The first kappa shape index (κ1) is 18.1. The van der Waals surface area contributed by atoms with Crippen molar-refractivity contribution < 1.29 is 9.66 Å². The molecule has 0 N–H and O–H groups in total. The predicted molar refractivity (Wildman–Crippen MR) is 106 cm³/mol. The Morgan fingerprint density at radius 3 is 2.57 bits per heavy atom. The summed E-state index contributed by atoms with van der Waals surface area (Å²) in [4.78, 5) is 24.3. The highest BCUT2D eigenvalue weighted by Gasteiger charge is 2.26. The Hall–Kier alpha value is -3.23. The molecule has 0 spiro atoms. The van der Waals surface area contributed by atoms with Crippen molar-refractivity contribution in [2.24, 2.45) is 0 Å². The van der Waals surface area contributed by atoms with Gasteiger partial charge in [-0.1, -0.05) is 41.6 Å². The van der Waals surface area contributed by atoms with E-state index in [9.17, 15) is 10.1 Å². The van der Waals surface area contributed by atoms with Gasteiger partial charge in [0.15, 0.2) is 10.8 Å². The molecule has 4 rings (SSSR count). The van der Waals surface area contributed by atoms with E-state index >= 15 is 0 Å². The van der Waals surface area contributed by atoms with Crippen molar-refractivity contribution in [1.82, 2.24) is 15.0 Å². The Morgan fingerprint density at radius 1 is 1.00 bits per heavy atom. The zero-order valence-corrected chi connectivity index (χ0v) is 15.7. The van der Waals surface area contributed by atoms with Crippen LogP contribution in [0.3, 0.4) is 0 Å². The smallest absolute Gasteiger partial charge is 0.363 e. The van der Waals surface area contributed by atoms with Gasteiger partial charge in [-0.3, -0.25) is 15.1 Å². The Bertz CT molecular complexity index is 1170. The van der Waals surface area contributed by atoms with Crippen molar-refractivity contribution in [1.29, 1.82) is 0 Å². The van der Waals surface area contributed by atoms with Crippen LogP contribution in [0.25, 0.3) is 10.9 Å². The van der Waals surface area contributed by atoms with Gasteiger partial charge in [-0.25, -0.2) is 4.98 Å². The summed E-state index contributed by atoms with van der Waals surface area (Å²) in [5.41, 5.74) is 0.278. The van der Waals surface area contributed by atoms with Crippen LogP contribution < -0.4 is 4.74 Å². The Labute approximate surface area is 168 Å². The van der Waals surface area contributed by atoms with Crippen molar-refractivity contribution in [2.45, 2.75) is 9.92 Å². The Balaban J connectivity index is 1.74. The molecule has 0 atom stereocenters. The van der Waals surface area contributed by atoms with E-state index in [-0.39, 0.29) is 16.6 Å². The second-order valence-corrected chi connectivity index (χ2v) is 7.08. The van der Waals surface area contributed by atoms with E-state index in [0.29, 0.717) is 16.3 Å². The highest BCUT2D eigenvalue weighted by molar-refractivity contribution is 7.99. The van der Waals surface area contributed by atoms with Crippen LogP contribution >= 0.6 is 23.4 Å². The van der Waals surface area contributed by atoms with Crippen LogP contribution in [-0.4, -0.2) is 19.9 Å². The summed E-state index contributed by atoms with van der Waals surface area (Å²) in [6.45, 7) is 0. The number of halogens is 1. The van der Waals surface area contributed by atoms with Crippen LogP contribution in [-0.2, 0) is 0 Å². The lowest BCUT2D eigenvalue weighted by atomic mass is 10.2. The van der Waals surface area contributed by atoms with Crippen LogP contribution in [0.4, 0.5) is 5.69 Å². The lowest BCUT2D eigenvalue weighted by Gasteiger charge is -2.09. The molecule has 9 heteroatoms. The predicted octanol–water partition coefficient (Wildman–Crippen LogP) is 5.53. The molecule has 0 aliphatic heterocycles. The normalized spacial score (nSPS) is 10.8. The number of hydrogen-bond acceptors (Lipinski definition) is 7. The van der Waals surface area contributed by atoms with Gasteiger partial charge in [0.2, 0.25) is 0 Å². The van der Waals surface area contributed by atoms with E-state index in [0.717, 1.165) is 22.0 Å². The first-order valence-corrected chi connectivity index (χ1v) is 9.25. The number of benzene rings is 2. The van der Waals surface area contributed by atoms with Crippen molar-refractivity contribution in [3.05, 3.63) is 82.3 Å². The number of nitro groups is 1. The molecule has 0 saturated carbocycles. The standard InChI is InChI=1S/C19H11ClN4O3S/c20-13-6-8-14(9-7-13)28-19-17(24(25)26)18(22-11-23-19)27-15-5-1-3-12-4-2-10-21-16(12)15/h1-11H. The van der Waals surface area contributed by atoms with Crippen LogP contribution in [0, 0.1) is 10.1 Å². The summed E-state index contributed by atoms with van der Waals surface area (Å²) in [6.07, 6.45) is 2.87. The van der Waals surface area contributed by atoms with Gasteiger partial charge < -0.3 is 4.74 Å². The van der Waals surface area contributed by atoms with E-state index in [4.69, 9.17) is 16.3 Å². The monoisotopic (exact) mass is 410 g/mol. The molecule has 0 fully saturated rings. The summed E-state index contributed by atoms with van der Waals surface area (Å²) in [5.74, 6) is 0.233. The highest BCUT2D eigenvalue weighted by Crippen LogP contribution is 2.40. The topological polar surface area (TPSA) is 91.0 Å². The molecule has 0 bridgehead atoms. The average molecular weight is 411 g/mol. The molecule has 4 aromatic rings. The van der Waals surface area contributed by atoms with Crippen molar-refractivity contribution in [3.8, 4) is 11.6 Å². The molecule has 2 aromatic carbocycles. The fourth-order valence-electron chi connectivity index (χ4n) is 2.53. The molecule has 138 valence electrons. The van der Waals surface area contributed by atoms with E-state index < -0.39 is 4.92 Å². The Morgan fingerprint density at radius 2 is 1.79 bits per heavy atom.